The molecule has 0 saturated carbocycles. The van der Waals surface area contributed by atoms with Crippen LogP contribution in [0.15, 0.2) is 17.6 Å². The van der Waals surface area contributed by atoms with Gasteiger partial charge in [0, 0.05) is 5.69 Å². The summed E-state index contributed by atoms with van der Waals surface area (Å²) in [5, 5.41) is 3.24. The molecule has 0 bridgehead atoms. The molecule has 1 aromatic heterocycles. The molecule has 0 saturated heterocycles. The molecule has 1 amide bonds. The number of thiazole rings is 1. The van der Waals surface area contributed by atoms with Gasteiger partial charge in [0.1, 0.15) is 4.88 Å². The molecular formula is C12H12ClN3OS. The van der Waals surface area contributed by atoms with Gasteiger partial charge >= 0.3 is 0 Å². The highest BCUT2D eigenvalue weighted by Crippen LogP contribution is 2.27. The zero-order valence-corrected chi connectivity index (χ0v) is 11.5. The lowest BCUT2D eigenvalue weighted by Crippen LogP contribution is -2.12. The Hall–Kier alpha value is -1.59. The van der Waals surface area contributed by atoms with Crippen LogP contribution < -0.4 is 11.1 Å². The van der Waals surface area contributed by atoms with Crippen molar-refractivity contribution in [3.63, 3.8) is 0 Å². The molecule has 3 N–H and O–H groups in total. The predicted molar refractivity (Wildman–Crippen MR) is 75.4 cm³/mol. The summed E-state index contributed by atoms with van der Waals surface area (Å²) in [4.78, 5) is 16.7. The molecule has 4 nitrogen and oxygen atoms in total. The first-order valence-corrected chi connectivity index (χ1v) is 6.52. The van der Waals surface area contributed by atoms with Gasteiger partial charge in [-0.1, -0.05) is 11.6 Å². The fourth-order valence-electron chi connectivity index (χ4n) is 1.54. The van der Waals surface area contributed by atoms with Crippen LogP contribution in [-0.2, 0) is 0 Å². The Balaban J connectivity index is 2.28. The number of benzene rings is 1. The Morgan fingerprint density at radius 1 is 1.44 bits per heavy atom. The van der Waals surface area contributed by atoms with E-state index in [2.05, 4.69) is 10.3 Å². The standard InChI is InChI=1S/C12H12ClN3OS/c1-6-3-9(14)8(13)4-10(6)16-12(17)11-7(2)15-5-18-11/h3-5H,14H2,1-2H3,(H,16,17). The Morgan fingerprint density at radius 2 is 2.17 bits per heavy atom. The third kappa shape index (κ3) is 2.47. The number of rotatable bonds is 2. The average Bonchev–Trinajstić information content (AvgIpc) is 2.72. The number of carbonyl (C=O) groups is 1. The maximum Gasteiger partial charge on any atom is 0.267 e. The van der Waals surface area contributed by atoms with Crippen LogP contribution in [0.2, 0.25) is 5.02 Å². The highest BCUT2D eigenvalue weighted by Gasteiger charge is 2.13. The van der Waals surface area contributed by atoms with Gasteiger partial charge in [0.25, 0.3) is 5.91 Å². The van der Waals surface area contributed by atoms with Gasteiger partial charge in [-0.15, -0.1) is 11.3 Å². The molecule has 1 aromatic carbocycles. The smallest absolute Gasteiger partial charge is 0.267 e. The number of anilines is 2. The zero-order chi connectivity index (χ0) is 13.3. The lowest BCUT2D eigenvalue weighted by Gasteiger charge is -2.09. The molecule has 0 aliphatic carbocycles. The predicted octanol–water partition coefficient (Wildman–Crippen LogP) is 3.25. The number of nitrogen functional groups attached to an aromatic ring is 1. The number of hydrogen-bond donors (Lipinski definition) is 2. The van der Waals surface area contributed by atoms with Crippen molar-refractivity contribution in [2.24, 2.45) is 0 Å². The van der Waals surface area contributed by atoms with Crippen LogP contribution >= 0.6 is 22.9 Å². The number of amides is 1. The molecular weight excluding hydrogens is 270 g/mol. The van der Waals surface area contributed by atoms with Crippen LogP contribution in [0.4, 0.5) is 11.4 Å². The summed E-state index contributed by atoms with van der Waals surface area (Å²) in [5.41, 5.74) is 10.1. The number of aryl methyl sites for hydroxylation is 2. The molecule has 0 spiro atoms. The average molecular weight is 282 g/mol. The molecule has 94 valence electrons. The lowest BCUT2D eigenvalue weighted by molar-refractivity contribution is 0.102. The molecule has 6 heteroatoms. The fourth-order valence-corrected chi connectivity index (χ4v) is 2.40. The van der Waals surface area contributed by atoms with E-state index in [0.717, 1.165) is 11.3 Å². The Morgan fingerprint density at radius 3 is 2.78 bits per heavy atom. The molecule has 0 aliphatic heterocycles. The zero-order valence-electron chi connectivity index (χ0n) is 9.95. The van der Waals surface area contributed by atoms with Crippen LogP contribution in [0.5, 0.6) is 0 Å². The van der Waals surface area contributed by atoms with Gasteiger partial charge < -0.3 is 11.1 Å². The molecule has 0 fully saturated rings. The summed E-state index contributed by atoms with van der Waals surface area (Å²) < 4.78 is 0. The van der Waals surface area contributed by atoms with E-state index < -0.39 is 0 Å². The van der Waals surface area contributed by atoms with Crippen molar-refractivity contribution >= 4 is 40.2 Å². The highest BCUT2D eigenvalue weighted by molar-refractivity contribution is 7.12. The SMILES string of the molecule is Cc1cc(N)c(Cl)cc1NC(=O)c1scnc1C. The lowest BCUT2D eigenvalue weighted by atomic mass is 10.1. The molecule has 0 aliphatic rings. The summed E-state index contributed by atoms with van der Waals surface area (Å²) in [7, 11) is 0. The number of nitrogens with zero attached hydrogens (tertiary/aromatic N) is 1. The quantitative estimate of drug-likeness (QED) is 0.830. The van der Waals surface area contributed by atoms with Gasteiger partial charge in [-0.25, -0.2) is 4.98 Å². The van der Waals surface area contributed by atoms with Gasteiger partial charge in [-0.05, 0) is 31.5 Å². The minimum atomic E-state index is -0.182. The van der Waals surface area contributed by atoms with E-state index in [4.69, 9.17) is 17.3 Å². The summed E-state index contributed by atoms with van der Waals surface area (Å²) in [6, 6.07) is 3.39. The number of hydrogen-bond acceptors (Lipinski definition) is 4. The van der Waals surface area contributed by atoms with Gasteiger partial charge in [-0.3, -0.25) is 4.79 Å². The van der Waals surface area contributed by atoms with E-state index in [0.29, 0.717) is 21.3 Å². The third-order valence-corrected chi connectivity index (χ3v) is 3.80. The summed E-state index contributed by atoms with van der Waals surface area (Å²) >= 11 is 7.25. The number of carbonyl (C=O) groups excluding carboxylic acids is 1. The van der Waals surface area contributed by atoms with Gasteiger partial charge in [0.15, 0.2) is 0 Å². The largest absolute Gasteiger partial charge is 0.398 e. The normalized spacial score (nSPS) is 10.4. The van der Waals surface area contributed by atoms with Crippen LogP contribution in [0.25, 0.3) is 0 Å². The van der Waals surface area contributed by atoms with Crippen molar-refractivity contribution < 1.29 is 4.79 Å². The number of aromatic nitrogens is 1. The second-order valence-corrected chi connectivity index (χ2v) is 5.17. The van der Waals surface area contributed by atoms with Crippen molar-refractivity contribution in [1.82, 2.24) is 4.98 Å². The van der Waals surface area contributed by atoms with Crippen molar-refractivity contribution in [2.75, 3.05) is 11.1 Å². The molecule has 2 aromatic rings. The first-order chi connectivity index (χ1) is 8.49. The van der Waals surface area contributed by atoms with E-state index in [1.165, 1.54) is 11.3 Å². The van der Waals surface area contributed by atoms with E-state index >= 15 is 0 Å². The summed E-state index contributed by atoms with van der Waals surface area (Å²) in [6.45, 7) is 3.66. The Kier molecular flexibility index (Phi) is 3.54. The first-order valence-electron chi connectivity index (χ1n) is 5.26. The number of nitrogens with one attached hydrogen (secondary N) is 1. The minimum Gasteiger partial charge on any atom is -0.398 e. The molecule has 0 radical (unpaired) electrons. The van der Waals surface area contributed by atoms with E-state index in [9.17, 15) is 4.79 Å². The second-order valence-electron chi connectivity index (χ2n) is 3.91. The Bertz CT molecular complexity index is 609. The Labute approximate surface area is 114 Å². The maximum atomic E-state index is 12.0. The van der Waals surface area contributed by atoms with Crippen molar-refractivity contribution in [1.29, 1.82) is 0 Å². The van der Waals surface area contributed by atoms with Crippen LogP contribution in [0, 0.1) is 13.8 Å². The van der Waals surface area contributed by atoms with Crippen LogP contribution in [0.3, 0.4) is 0 Å². The minimum absolute atomic E-state index is 0.182. The van der Waals surface area contributed by atoms with E-state index in [1.807, 2.05) is 6.92 Å². The van der Waals surface area contributed by atoms with Crippen molar-refractivity contribution in [3.05, 3.63) is 38.8 Å². The van der Waals surface area contributed by atoms with Crippen LogP contribution in [0.1, 0.15) is 20.9 Å². The van der Waals surface area contributed by atoms with Gasteiger partial charge in [-0.2, -0.15) is 0 Å². The molecule has 2 rings (SSSR count). The third-order valence-electron chi connectivity index (χ3n) is 2.54. The number of halogens is 1. The topological polar surface area (TPSA) is 68.0 Å². The number of nitrogens with two attached hydrogens (primary N) is 1. The maximum absolute atomic E-state index is 12.0. The van der Waals surface area contributed by atoms with Crippen molar-refractivity contribution in [2.45, 2.75) is 13.8 Å². The molecule has 0 unspecified atom stereocenters. The van der Waals surface area contributed by atoms with E-state index in [1.54, 1.807) is 24.6 Å². The highest BCUT2D eigenvalue weighted by atomic mass is 35.5. The summed E-state index contributed by atoms with van der Waals surface area (Å²) in [5.74, 6) is -0.182. The molecule has 0 atom stereocenters. The van der Waals surface area contributed by atoms with Gasteiger partial charge in [0.05, 0.1) is 21.9 Å². The molecule has 1 heterocycles. The monoisotopic (exact) mass is 281 g/mol. The van der Waals surface area contributed by atoms with Gasteiger partial charge in [0.2, 0.25) is 0 Å². The van der Waals surface area contributed by atoms with Crippen LogP contribution in [-0.4, -0.2) is 10.9 Å². The van der Waals surface area contributed by atoms with Crippen molar-refractivity contribution in [3.8, 4) is 0 Å². The second kappa shape index (κ2) is 4.96. The molecule has 18 heavy (non-hydrogen) atoms. The first kappa shape index (κ1) is 12.9. The summed E-state index contributed by atoms with van der Waals surface area (Å²) in [6.07, 6.45) is 0. The van der Waals surface area contributed by atoms with E-state index in [-0.39, 0.29) is 5.91 Å². The fraction of sp³-hybridized carbons (Fsp3) is 0.167.